The van der Waals surface area contributed by atoms with Crippen LogP contribution >= 0.6 is 0 Å². The van der Waals surface area contributed by atoms with E-state index in [1.54, 1.807) is 0 Å². The molecule has 3 nitrogen and oxygen atoms in total. The summed E-state index contributed by atoms with van der Waals surface area (Å²) < 4.78 is 0. The molecule has 1 aromatic carbocycles. The quantitative estimate of drug-likeness (QED) is 0.866. The second kappa shape index (κ2) is 4.77. The normalized spacial score (nSPS) is 17.7. The van der Waals surface area contributed by atoms with Crippen molar-refractivity contribution in [3.8, 4) is 6.07 Å². The SMILES string of the molecule is CN(CC1(O)CCCC1)c1ccc(C#N)cc1. The lowest BCUT2D eigenvalue weighted by Crippen LogP contribution is -2.39. The number of hydrogen-bond donors (Lipinski definition) is 1. The van der Waals surface area contributed by atoms with Gasteiger partial charge in [0.05, 0.1) is 17.2 Å². The van der Waals surface area contributed by atoms with E-state index in [0.717, 1.165) is 31.4 Å². The molecule has 0 spiro atoms. The molecule has 1 fully saturated rings. The van der Waals surface area contributed by atoms with E-state index in [0.29, 0.717) is 12.1 Å². The van der Waals surface area contributed by atoms with Gasteiger partial charge in [0.15, 0.2) is 0 Å². The lowest BCUT2D eigenvalue weighted by molar-refractivity contribution is 0.0559. The fourth-order valence-electron chi connectivity index (χ4n) is 2.51. The molecule has 1 saturated carbocycles. The van der Waals surface area contributed by atoms with E-state index in [9.17, 15) is 5.11 Å². The Kier molecular flexibility index (Phi) is 3.35. The predicted molar refractivity (Wildman–Crippen MR) is 67.8 cm³/mol. The third-order valence-corrected chi connectivity index (χ3v) is 3.50. The van der Waals surface area contributed by atoms with Crippen LogP contribution in [0.25, 0.3) is 0 Å². The first-order valence-electron chi connectivity index (χ1n) is 6.07. The topological polar surface area (TPSA) is 47.3 Å². The Bertz CT molecular complexity index is 413. The second-order valence-corrected chi connectivity index (χ2v) is 4.95. The minimum atomic E-state index is -0.525. The lowest BCUT2D eigenvalue weighted by atomic mass is 10.0. The van der Waals surface area contributed by atoms with Crippen molar-refractivity contribution >= 4 is 5.69 Å². The highest BCUT2D eigenvalue weighted by molar-refractivity contribution is 5.49. The molecule has 3 heteroatoms. The molecule has 1 aliphatic rings. The molecule has 0 amide bonds. The van der Waals surface area contributed by atoms with Crippen molar-refractivity contribution in [1.82, 2.24) is 0 Å². The molecule has 17 heavy (non-hydrogen) atoms. The largest absolute Gasteiger partial charge is 0.388 e. The third kappa shape index (κ3) is 2.78. The van der Waals surface area contributed by atoms with E-state index >= 15 is 0 Å². The fourth-order valence-corrected chi connectivity index (χ4v) is 2.51. The molecule has 0 heterocycles. The molecule has 1 aliphatic carbocycles. The Hall–Kier alpha value is -1.53. The Morgan fingerprint density at radius 1 is 1.29 bits per heavy atom. The smallest absolute Gasteiger partial charge is 0.0991 e. The van der Waals surface area contributed by atoms with Gasteiger partial charge in [-0.15, -0.1) is 0 Å². The summed E-state index contributed by atoms with van der Waals surface area (Å²) in [6, 6.07) is 9.58. The van der Waals surface area contributed by atoms with Gasteiger partial charge in [-0.05, 0) is 37.1 Å². The zero-order chi connectivity index (χ0) is 12.3. The van der Waals surface area contributed by atoms with E-state index in [4.69, 9.17) is 5.26 Å². The zero-order valence-electron chi connectivity index (χ0n) is 10.2. The number of nitriles is 1. The molecular weight excluding hydrogens is 212 g/mol. The first-order chi connectivity index (χ1) is 8.13. The minimum absolute atomic E-state index is 0.525. The van der Waals surface area contributed by atoms with Gasteiger partial charge < -0.3 is 10.0 Å². The summed E-state index contributed by atoms with van der Waals surface area (Å²) in [7, 11) is 1.98. The van der Waals surface area contributed by atoms with Crippen LogP contribution < -0.4 is 4.90 Å². The van der Waals surface area contributed by atoms with Crippen molar-refractivity contribution in [3.05, 3.63) is 29.8 Å². The number of rotatable bonds is 3. The number of likely N-dealkylation sites (N-methyl/N-ethyl adjacent to an activating group) is 1. The van der Waals surface area contributed by atoms with Gasteiger partial charge in [-0.25, -0.2) is 0 Å². The maximum absolute atomic E-state index is 10.3. The van der Waals surface area contributed by atoms with E-state index in [1.165, 1.54) is 0 Å². The lowest BCUT2D eigenvalue weighted by Gasteiger charge is -2.30. The van der Waals surface area contributed by atoms with Gasteiger partial charge in [-0.2, -0.15) is 5.26 Å². The van der Waals surface area contributed by atoms with Gasteiger partial charge in [-0.3, -0.25) is 0 Å². The van der Waals surface area contributed by atoms with Crippen LogP contribution in [0.5, 0.6) is 0 Å². The van der Waals surface area contributed by atoms with Crippen LogP contribution in [-0.4, -0.2) is 24.3 Å². The summed E-state index contributed by atoms with van der Waals surface area (Å²) in [6.07, 6.45) is 4.04. The standard InChI is InChI=1S/C14H18N2O/c1-16(11-14(17)8-2-3-9-14)13-6-4-12(10-15)5-7-13/h4-7,17H,2-3,8-9,11H2,1H3. The van der Waals surface area contributed by atoms with Gasteiger partial charge >= 0.3 is 0 Å². The van der Waals surface area contributed by atoms with Gasteiger partial charge in [0.2, 0.25) is 0 Å². The molecule has 0 aliphatic heterocycles. The van der Waals surface area contributed by atoms with Crippen LogP contribution in [0.3, 0.4) is 0 Å². The Balaban J connectivity index is 2.04. The highest BCUT2D eigenvalue weighted by Crippen LogP contribution is 2.31. The maximum Gasteiger partial charge on any atom is 0.0991 e. The van der Waals surface area contributed by atoms with Gasteiger partial charge in [0.1, 0.15) is 0 Å². The molecule has 1 N–H and O–H groups in total. The van der Waals surface area contributed by atoms with Crippen LogP contribution in [0.1, 0.15) is 31.2 Å². The summed E-state index contributed by atoms with van der Waals surface area (Å²) in [5.41, 5.74) is 1.19. The van der Waals surface area contributed by atoms with E-state index in [-0.39, 0.29) is 0 Å². The first kappa shape index (κ1) is 11.9. The van der Waals surface area contributed by atoms with Gasteiger partial charge in [0.25, 0.3) is 0 Å². The highest BCUT2D eigenvalue weighted by atomic mass is 16.3. The number of nitrogens with zero attached hydrogens (tertiary/aromatic N) is 2. The van der Waals surface area contributed by atoms with Gasteiger partial charge in [-0.1, -0.05) is 12.8 Å². The molecule has 1 aromatic rings. The average Bonchev–Trinajstić information content (AvgIpc) is 2.76. The molecule has 0 atom stereocenters. The van der Waals surface area contributed by atoms with Crippen LogP contribution in [0.4, 0.5) is 5.69 Å². The maximum atomic E-state index is 10.3. The molecule has 90 valence electrons. The predicted octanol–water partition coefficient (Wildman–Crippen LogP) is 2.30. The second-order valence-electron chi connectivity index (χ2n) is 4.95. The molecular formula is C14H18N2O. The Morgan fingerprint density at radius 3 is 2.41 bits per heavy atom. The summed E-state index contributed by atoms with van der Waals surface area (Å²) in [5, 5.41) is 19.1. The molecule has 2 rings (SSSR count). The van der Waals surface area contributed by atoms with Crippen molar-refractivity contribution in [2.24, 2.45) is 0 Å². The molecule has 0 saturated heterocycles. The van der Waals surface area contributed by atoms with Crippen molar-refractivity contribution in [3.63, 3.8) is 0 Å². The van der Waals surface area contributed by atoms with Crippen LogP contribution in [0.15, 0.2) is 24.3 Å². The number of aliphatic hydroxyl groups is 1. The van der Waals surface area contributed by atoms with Gasteiger partial charge in [0, 0.05) is 19.3 Å². The molecule has 0 unspecified atom stereocenters. The number of hydrogen-bond acceptors (Lipinski definition) is 3. The van der Waals surface area contributed by atoms with Crippen molar-refractivity contribution in [2.45, 2.75) is 31.3 Å². The number of benzene rings is 1. The molecule has 0 radical (unpaired) electrons. The summed E-state index contributed by atoms with van der Waals surface area (Å²) in [4.78, 5) is 2.06. The number of anilines is 1. The zero-order valence-corrected chi connectivity index (χ0v) is 10.2. The summed E-state index contributed by atoms with van der Waals surface area (Å²) in [6.45, 7) is 0.666. The van der Waals surface area contributed by atoms with E-state index < -0.39 is 5.60 Å². The Labute approximate surface area is 102 Å². The molecule has 0 bridgehead atoms. The fraction of sp³-hybridized carbons (Fsp3) is 0.500. The Morgan fingerprint density at radius 2 is 1.88 bits per heavy atom. The molecule has 0 aromatic heterocycles. The highest BCUT2D eigenvalue weighted by Gasteiger charge is 2.32. The minimum Gasteiger partial charge on any atom is -0.388 e. The monoisotopic (exact) mass is 230 g/mol. The first-order valence-corrected chi connectivity index (χ1v) is 6.07. The third-order valence-electron chi connectivity index (χ3n) is 3.50. The van der Waals surface area contributed by atoms with Crippen LogP contribution in [0.2, 0.25) is 0 Å². The van der Waals surface area contributed by atoms with Crippen LogP contribution in [0, 0.1) is 11.3 Å². The van der Waals surface area contributed by atoms with Crippen molar-refractivity contribution in [2.75, 3.05) is 18.5 Å². The summed E-state index contributed by atoms with van der Waals surface area (Å²) in [5.74, 6) is 0. The average molecular weight is 230 g/mol. The van der Waals surface area contributed by atoms with Crippen molar-refractivity contribution in [1.29, 1.82) is 5.26 Å². The van der Waals surface area contributed by atoms with Crippen molar-refractivity contribution < 1.29 is 5.11 Å². The van der Waals surface area contributed by atoms with E-state index in [2.05, 4.69) is 11.0 Å². The van der Waals surface area contributed by atoms with Crippen LogP contribution in [-0.2, 0) is 0 Å². The summed E-state index contributed by atoms with van der Waals surface area (Å²) >= 11 is 0. The van der Waals surface area contributed by atoms with E-state index in [1.807, 2.05) is 31.3 Å².